The second-order valence-corrected chi connectivity index (χ2v) is 6.79. The van der Waals surface area contributed by atoms with Gasteiger partial charge in [-0.15, -0.1) is 0 Å². The number of benzene rings is 1. The van der Waals surface area contributed by atoms with E-state index in [0.717, 1.165) is 30.1 Å². The first-order valence-corrected chi connectivity index (χ1v) is 8.13. The van der Waals surface area contributed by atoms with E-state index in [0.29, 0.717) is 5.92 Å². The van der Waals surface area contributed by atoms with E-state index in [1.807, 2.05) is 0 Å². The van der Waals surface area contributed by atoms with E-state index in [4.69, 9.17) is 14.2 Å². The zero-order chi connectivity index (χ0) is 14.9. The third-order valence-corrected chi connectivity index (χ3v) is 6.02. The standard InChI is InChI=1S/C19H20O3/c1-20-14-7-5-12-10-11-4-3-9-19-13(11)6-8-15(21-2)18(19)22-17(14)16(12)19/h5-8,11,18H,3-4,9-10H2,1-2H3/t11-,18?,19+/m1/s1. The fourth-order valence-corrected chi connectivity index (χ4v) is 5.23. The van der Waals surface area contributed by atoms with Crippen molar-refractivity contribution < 1.29 is 14.2 Å². The average molecular weight is 296 g/mol. The highest BCUT2D eigenvalue weighted by molar-refractivity contribution is 5.66. The molecule has 0 amide bonds. The Labute approximate surface area is 130 Å². The number of methoxy groups -OCH3 is 2. The molecule has 3 aliphatic carbocycles. The van der Waals surface area contributed by atoms with Gasteiger partial charge in [-0.1, -0.05) is 24.1 Å². The molecular formula is C19H20O3. The van der Waals surface area contributed by atoms with Crippen molar-refractivity contribution in [1.29, 1.82) is 0 Å². The molecule has 1 saturated carbocycles. The topological polar surface area (TPSA) is 27.7 Å². The van der Waals surface area contributed by atoms with Gasteiger partial charge in [0.15, 0.2) is 17.6 Å². The van der Waals surface area contributed by atoms with Gasteiger partial charge in [-0.3, -0.25) is 0 Å². The molecule has 0 radical (unpaired) electrons. The number of hydrogen-bond acceptors (Lipinski definition) is 3. The minimum absolute atomic E-state index is 0.0134. The Morgan fingerprint density at radius 1 is 1.18 bits per heavy atom. The smallest absolute Gasteiger partial charge is 0.169 e. The summed E-state index contributed by atoms with van der Waals surface area (Å²) in [6, 6.07) is 4.30. The summed E-state index contributed by atoms with van der Waals surface area (Å²) in [6.45, 7) is 0. The summed E-state index contributed by atoms with van der Waals surface area (Å²) < 4.78 is 17.7. The van der Waals surface area contributed by atoms with Crippen LogP contribution >= 0.6 is 0 Å². The third-order valence-electron chi connectivity index (χ3n) is 6.02. The number of rotatable bonds is 2. The Bertz CT molecular complexity index is 730. The van der Waals surface area contributed by atoms with Crippen molar-refractivity contribution in [1.82, 2.24) is 0 Å². The quantitative estimate of drug-likeness (QED) is 0.835. The third kappa shape index (κ3) is 1.25. The predicted octanol–water partition coefficient (Wildman–Crippen LogP) is 3.52. The van der Waals surface area contributed by atoms with Crippen molar-refractivity contribution in [2.24, 2.45) is 5.92 Å². The molecule has 3 heteroatoms. The average Bonchev–Trinajstić information content (AvgIpc) is 2.88. The molecule has 4 aliphatic rings. The Hall–Kier alpha value is -1.90. The van der Waals surface area contributed by atoms with E-state index in [1.165, 1.54) is 24.0 Å². The molecule has 0 N–H and O–H groups in total. The van der Waals surface area contributed by atoms with Gasteiger partial charge in [-0.25, -0.2) is 0 Å². The molecule has 0 saturated heterocycles. The van der Waals surface area contributed by atoms with E-state index >= 15 is 0 Å². The van der Waals surface area contributed by atoms with Crippen LogP contribution in [0.1, 0.15) is 30.4 Å². The molecule has 0 aromatic heterocycles. The summed E-state index contributed by atoms with van der Waals surface area (Å²) in [4.78, 5) is 0. The van der Waals surface area contributed by atoms with Crippen molar-refractivity contribution in [2.45, 2.75) is 37.2 Å². The van der Waals surface area contributed by atoms with Crippen LogP contribution in [0.4, 0.5) is 0 Å². The monoisotopic (exact) mass is 296 g/mol. The molecule has 3 atom stereocenters. The van der Waals surface area contributed by atoms with Crippen LogP contribution in [0.15, 0.2) is 35.6 Å². The van der Waals surface area contributed by atoms with Gasteiger partial charge in [0.2, 0.25) is 0 Å². The van der Waals surface area contributed by atoms with Gasteiger partial charge in [0.05, 0.1) is 19.6 Å². The summed E-state index contributed by atoms with van der Waals surface area (Å²) in [7, 11) is 3.46. The second-order valence-electron chi connectivity index (χ2n) is 6.79. The molecule has 1 aliphatic heterocycles. The van der Waals surface area contributed by atoms with Crippen LogP contribution in [0, 0.1) is 5.92 Å². The molecule has 1 aromatic carbocycles. The lowest BCUT2D eigenvalue weighted by molar-refractivity contribution is 0.0947. The van der Waals surface area contributed by atoms with Crippen LogP contribution in [-0.4, -0.2) is 20.3 Å². The van der Waals surface area contributed by atoms with Crippen molar-refractivity contribution >= 4 is 0 Å². The fraction of sp³-hybridized carbons (Fsp3) is 0.474. The molecule has 1 heterocycles. The lowest BCUT2D eigenvalue weighted by Crippen LogP contribution is -2.50. The lowest BCUT2D eigenvalue weighted by atomic mass is 9.53. The molecule has 1 fully saturated rings. The van der Waals surface area contributed by atoms with Gasteiger partial charge in [-0.05, 0) is 42.9 Å². The highest BCUT2D eigenvalue weighted by Gasteiger charge is 2.60. The Morgan fingerprint density at radius 3 is 2.91 bits per heavy atom. The van der Waals surface area contributed by atoms with Crippen LogP contribution in [0.3, 0.4) is 0 Å². The maximum atomic E-state index is 6.44. The zero-order valence-corrected chi connectivity index (χ0v) is 13.0. The van der Waals surface area contributed by atoms with Gasteiger partial charge in [0.1, 0.15) is 5.76 Å². The Kier molecular flexibility index (Phi) is 2.35. The molecule has 1 unspecified atom stereocenters. The molecular weight excluding hydrogens is 276 g/mol. The van der Waals surface area contributed by atoms with E-state index in [1.54, 1.807) is 19.8 Å². The maximum absolute atomic E-state index is 6.44. The van der Waals surface area contributed by atoms with Gasteiger partial charge in [0, 0.05) is 5.56 Å². The molecule has 1 aromatic rings. The molecule has 22 heavy (non-hydrogen) atoms. The fourth-order valence-electron chi connectivity index (χ4n) is 5.23. The van der Waals surface area contributed by atoms with Crippen LogP contribution in [0.2, 0.25) is 0 Å². The van der Waals surface area contributed by atoms with E-state index in [2.05, 4.69) is 24.3 Å². The Morgan fingerprint density at radius 2 is 2.09 bits per heavy atom. The van der Waals surface area contributed by atoms with E-state index < -0.39 is 0 Å². The lowest BCUT2D eigenvalue weighted by Gasteiger charge is -2.49. The Balaban J connectivity index is 1.85. The minimum atomic E-state index is -0.0225. The van der Waals surface area contributed by atoms with Crippen LogP contribution in [0.5, 0.6) is 11.5 Å². The van der Waals surface area contributed by atoms with Gasteiger partial charge in [-0.2, -0.15) is 0 Å². The van der Waals surface area contributed by atoms with Gasteiger partial charge < -0.3 is 14.2 Å². The van der Waals surface area contributed by atoms with Crippen molar-refractivity contribution in [3.8, 4) is 11.5 Å². The normalized spacial score (nSPS) is 33.4. The first-order chi connectivity index (χ1) is 10.8. The van der Waals surface area contributed by atoms with Crippen molar-refractivity contribution in [3.05, 3.63) is 46.7 Å². The van der Waals surface area contributed by atoms with Gasteiger partial charge >= 0.3 is 0 Å². The minimum Gasteiger partial charge on any atom is -0.497 e. The van der Waals surface area contributed by atoms with Gasteiger partial charge in [0.25, 0.3) is 0 Å². The molecule has 5 rings (SSSR count). The summed E-state index contributed by atoms with van der Waals surface area (Å²) in [5.41, 5.74) is 4.36. The zero-order valence-electron chi connectivity index (χ0n) is 13.0. The summed E-state index contributed by atoms with van der Waals surface area (Å²) in [6.07, 6.45) is 9.22. The largest absolute Gasteiger partial charge is 0.497 e. The second kappa shape index (κ2) is 4.09. The van der Waals surface area contributed by atoms with E-state index in [9.17, 15) is 0 Å². The van der Waals surface area contributed by atoms with Crippen molar-refractivity contribution in [3.63, 3.8) is 0 Å². The first-order valence-electron chi connectivity index (χ1n) is 8.13. The molecule has 1 spiro atoms. The highest BCUT2D eigenvalue weighted by Crippen LogP contribution is 2.64. The summed E-state index contributed by atoms with van der Waals surface area (Å²) >= 11 is 0. The molecule has 114 valence electrons. The van der Waals surface area contributed by atoms with Crippen molar-refractivity contribution in [2.75, 3.05) is 14.2 Å². The van der Waals surface area contributed by atoms with Crippen LogP contribution in [0.25, 0.3) is 0 Å². The SMILES string of the molecule is COC1=CC=C2[C@@H]3CCC[C@@]24c2c(ccc(OC)c2OC14)C3. The van der Waals surface area contributed by atoms with E-state index in [-0.39, 0.29) is 11.5 Å². The molecule has 2 bridgehead atoms. The predicted molar refractivity (Wildman–Crippen MR) is 83.3 cm³/mol. The first kappa shape index (κ1) is 12.6. The molecule has 3 nitrogen and oxygen atoms in total. The number of allylic oxidation sites excluding steroid dienone is 2. The van der Waals surface area contributed by atoms with Crippen LogP contribution < -0.4 is 9.47 Å². The number of ether oxygens (including phenoxy) is 3. The van der Waals surface area contributed by atoms with Crippen LogP contribution in [-0.2, 0) is 16.6 Å². The summed E-state index contributed by atoms with van der Waals surface area (Å²) in [5.74, 6) is 3.39. The highest BCUT2D eigenvalue weighted by atomic mass is 16.6. The number of hydrogen-bond donors (Lipinski definition) is 0. The maximum Gasteiger partial charge on any atom is 0.169 e. The summed E-state index contributed by atoms with van der Waals surface area (Å²) in [5, 5.41) is 0.